The van der Waals surface area contributed by atoms with Gasteiger partial charge in [0.1, 0.15) is 0 Å². The van der Waals surface area contributed by atoms with Crippen LogP contribution >= 0.6 is 11.3 Å². The zero-order valence-corrected chi connectivity index (χ0v) is 14.1. The Hall–Kier alpha value is -2.65. The molecular weight excluding hydrogens is 314 g/mol. The fraction of sp³-hybridized carbons (Fsp3) is 0.0952. The molecule has 0 atom stereocenters. The molecule has 0 spiro atoms. The van der Waals surface area contributed by atoms with E-state index in [1.165, 1.54) is 21.8 Å². The summed E-state index contributed by atoms with van der Waals surface area (Å²) in [4.78, 5) is 12.9. The number of rotatable bonds is 1. The summed E-state index contributed by atoms with van der Waals surface area (Å²) in [7, 11) is 0. The summed E-state index contributed by atoms with van der Waals surface area (Å²) in [5, 5.41) is 4.02. The highest BCUT2D eigenvalue weighted by molar-refractivity contribution is 7.24. The minimum absolute atomic E-state index is 0.134. The molecule has 0 aliphatic carbocycles. The molecule has 24 heavy (non-hydrogen) atoms. The molecule has 0 unspecified atom stereocenters. The third-order valence-electron chi connectivity index (χ3n) is 4.79. The number of aromatic nitrogens is 1. The highest BCUT2D eigenvalue weighted by atomic mass is 32.1. The van der Waals surface area contributed by atoms with Crippen molar-refractivity contribution in [3.8, 4) is 0 Å². The first-order valence-corrected chi connectivity index (χ1v) is 8.96. The Morgan fingerprint density at radius 3 is 2.38 bits per heavy atom. The van der Waals surface area contributed by atoms with E-state index < -0.39 is 0 Å². The van der Waals surface area contributed by atoms with Crippen LogP contribution in [0.2, 0.25) is 0 Å². The number of nitrogens with zero attached hydrogens (tertiary/aromatic N) is 1. The third kappa shape index (κ3) is 1.73. The molecule has 3 aromatic carbocycles. The van der Waals surface area contributed by atoms with Gasteiger partial charge in [0.05, 0.1) is 5.52 Å². The lowest BCUT2D eigenvalue weighted by molar-refractivity contribution is 0.827. The van der Waals surface area contributed by atoms with Crippen LogP contribution in [0, 0.1) is 0 Å². The highest BCUT2D eigenvalue weighted by Crippen LogP contribution is 2.34. The first-order chi connectivity index (χ1) is 11.8. The van der Waals surface area contributed by atoms with E-state index in [9.17, 15) is 4.79 Å². The minimum Gasteiger partial charge on any atom is -0.341 e. The number of para-hydroxylation sites is 1. The van der Waals surface area contributed by atoms with Gasteiger partial charge in [-0.05, 0) is 37.3 Å². The predicted molar refractivity (Wildman–Crippen MR) is 104 cm³/mol. The van der Waals surface area contributed by atoms with Gasteiger partial charge in [0.25, 0.3) is 0 Å². The van der Waals surface area contributed by atoms with Crippen molar-refractivity contribution in [2.45, 2.75) is 13.5 Å². The molecule has 2 nitrogen and oxygen atoms in total. The summed E-state index contributed by atoms with van der Waals surface area (Å²) in [6.45, 7) is 3.08. The van der Waals surface area contributed by atoms with Crippen molar-refractivity contribution in [2.75, 3.05) is 0 Å². The number of fused-ring (bicyclic) bond motifs is 5. The zero-order chi connectivity index (χ0) is 16.3. The van der Waals surface area contributed by atoms with Crippen molar-refractivity contribution < 1.29 is 0 Å². The van der Waals surface area contributed by atoms with E-state index in [2.05, 4.69) is 47.9 Å². The Labute approximate surface area is 142 Å². The van der Waals surface area contributed by atoms with Crippen molar-refractivity contribution >= 4 is 53.3 Å². The van der Waals surface area contributed by atoms with E-state index in [-0.39, 0.29) is 5.43 Å². The van der Waals surface area contributed by atoms with E-state index in [1.54, 1.807) is 11.3 Å². The Bertz CT molecular complexity index is 1310. The van der Waals surface area contributed by atoms with Crippen molar-refractivity contribution in [3.05, 3.63) is 70.9 Å². The quantitative estimate of drug-likeness (QED) is 0.370. The number of hydrogen-bond donors (Lipinski definition) is 0. The van der Waals surface area contributed by atoms with E-state index in [4.69, 9.17) is 0 Å². The molecule has 3 heteroatoms. The molecule has 0 saturated heterocycles. The van der Waals surface area contributed by atoms with Crippen LogP contribution in [0.15, 0.2) is 65.5 Å². The van der Waals surface area contributed by atoms with Crippen LogP contribution in [-0.2, 0) is 6.54 Å². The smallest absolute Gasteiger partial charge is 0.195 e. The van der Waals surface area contributed by atoms with E-state index >= 15 is 0 Å². The normalized spacial score (nSPS) is 11.9. The lowest BCUT2D eigenvalue weighted by atomic mass is 10.1. The standard InChI is InChI=1S/C21H15NOS/c1-2-22-17-9-5-3-7-13(17)15-11-16-20(12-18(15)22)24-19-10-6-4-8-14(19)21(16)23/h3-12H,2H2,1H3. The van der Waals surface area contributed by atoms with Gasteiger partial charge in [-0.3, -0.25) is 4.79 Å². The maximum absolute atomic E-state index is 12.9. The summed E-state index contributed by atoms with van der Waals surface area (Å²) >= 11 is 1.70. The van der Waals surface area contributed by atoms with Crippen LogP contribution < -0.4 is 5.43 Å². The highest BCUT2D eigenvalue weighted by Gasteiger charge is 2.13. The Balaban J connectivity index is 2.06. The monoisotopic (exact) mass is 329 g/mol. The van der Waals surface area contributed by atoms with Crippen LogP contribution in [0.4, 0.5) is 0 Å². The molecule has 0 radical (unpaired) electrons. The van der Waals surface area contributed by atoms with Gasteiger partial charge in [0, 0.05) is 43.0 Å². The summed E-state index contributed by atoms with van der Waals surface area (Å²) in [5.74, 6) is 0. The average molecular weight is 329 g/mol. The Morgan fingerprint density at radius 1 is 0.792 bits per heavy atom. The van der Waals surface area contributed by atoms with Crippen LogP contribution in [-0.4, -0.2) is 4.57 Å². The minimum atomic E-state index is 0.134. The molecule has 5 rings (SSSR count). The number of aryl methyl sites for hydroxylation is 1. The fourth-order valence-electron chi connectivity index (χ4n) is 3.68. The average Bonchev–Trinajstić information content (AvgIpc) is 2.93. The first-order valence-electron chi connectivity index (χ1n) is 8.14. The second kappa shape index (κ2) is 4.92. The molecule has 0 saturated carbocycles. The first kappa shape index (κ1) is 13.8. The lowest BCUT2D eigenvalue weighted by Crippen LogP contribution is -2.01. The summed E-state index contributed by atoms with van der Waals surface area (Å²) in [6, 6.07) is 20.6. The second-order valence-corrected chi connectivity index (χ2v) is 7.14. The zero-order valence-electron chi connectivity index (χ0n) is 13.2. The molecular formula is C21H15NOS. The van der Waals surface area contributed by atoms with Gasteiger partial charge in [-0.2, -0.15) is 0 Å². The van der Waals surface area contributed by atoms with Crippen LogP contribution in [0.1, 0.15) is 6.92 Å². The largest absolute Gasteiger partial charge is 0.341 e. The van der Waals surface area contributed by atoms with Gasteiger partial charge in [0.15, 0.2) is 5.43 Å². The fourth-order valence-corrected chi connectivity index (χ4v) is 4.77. The Kier molecular flexibility index (Phi) is 2.82. The van der Waals surface area contributed by atoms with Gasteiger partial charge < -0.3 is 4.57 Å². The molecule has 0 N–H and O–H groups in total. The van der Waals surface area contributed by atoms with Gasteiger partial charge in [-0.15, -0.1) is 11.3 Å². The summed E-state index contributed by atoms with van der Waals surface area (Å²) in [5.41, 5.74) is 2.57. The summed E-state index contributed by atoms with van der Waals surface area (Å²) in [6.07, 6.45) is 0. The van der Waals surface area contributed by atoms with Crippen LogP contribution in [0.5, 0.6) is 0 Å². The van der Waals surface area contributed by atoms with Crippen LogP contribution in [0.3, 0.4) is 0 Å². The number of hydrogen-bond acceptors (Lipinski definition) is 2. The lowest BCUT2D eigenvalue weighted by Gasteiger charge is -2.05. The maximum atomic E-state index is 12.9. The van der Waals surface area contributed by atoms with Crippen molar-refractivity contribution in [2.24, 2.45) is 0 Å². The maximum Gasteiger partial charge on any atom is 0.195 e. The predicted octanol–water partition coefficient (Wildman–Crippen LogP) is 5.54. The van der Waals surface area contributed by atoms with Crippen molar-refractivity contribution in [1.29, 1.82) is 0 Å². The van der Waals surface area contributed by atoms with E-state index in [0.717, 1.165) is 26.7 Å². The Morgan fingerprint density at radius 2 is 1.54 bits per heavy atom. The second-order valence-electron chi connectivity index (χ2n) is 6.05. The van der Waals surface area contributed by atoms with Gasteiger partial charge in [0.2, 0.25) is 0 Å². The summed E-state index contributed by atoms with van der Waals surface area (Å²) < 4.78 is 4.44. The van der Waals surface area contributed by atoms with Crippen molar-refractivity contribution in [3.63, 3.8) is 0 Å². The molecule has 0 aliphatic rings. The molecule has 5 aromatic rings. The number of benzene rings is 3. The van der Waals surface area contributed by atoms with E-state index in [0.29, 0.717) is 0 Å². The third-order valence-corrected chi connectivity index (χ3v) is 5.92. The molecule has 0 fully saturated rings. The topological polar surface area (TPSA) is 22.0 Å². The van der Waals surface area contributed by atoms with Gasteiger partial charge in [-0.1, -0.05) is 30.3 Å². The molecule has 2 aromatic heterocycles. The molecule has 0 aliphatic heterocycles. The molecule has 0 amide bonds. The van der Waals surface area contributed by atoms with Crippen LogP contribution in [0.25, 0.3) is 42.0 Å². The SMILES string of the molecule is CCn1c2ccccc2c2cc3c(=O)c4ccccc4sc3cc21. The van der Waals surface area contributed by atoms with E-state index in [1.807, 2.05) is 24.3 Å². The molecule has 116 valence electrons. The van der Waals surface area contributed by atoms with Gasteiger partial charge >= 0.3 is 0 Å². The molecule has 2 heterocycles. The van der Waals surface area contributed by atoms with Crippen molar-refractivity contribution in [1.82, 2.24) is 4.57 Å². The molecule has 0 bridgehead atoms. The van der Waals surface area contributed by atoms with Gasteiger partial charge in [-0.25, -0.2) is 0 Å².